The number of ether oxygens (including phenoxy) is 2. The van der Waals surface area contributed by atoms with Crippen LogP contribution in [0, 0.1) is 17.5 Å². The fourth-order valence-electron chi connectivity index (χ4n) is 5.70. The van der Waals surface area contributed by atoms with Gasteiger partial charge in [0.05, 0.1) is 19.3 Å². The highest BCUT2D eigenvalue weighted by molar-refractivity contribution is 5.71. The van der Waals surface area contributed by atoms with Crippen LogP contribution in [-0.4, -0.2) is 19.3 Å². The highest BCUT2D eigenvalue weighted by atomic mass is 19.2. The van der Waals surface area contributed by atoms with E-state index < -0.39 is 11.6 Å². The van der Waals surface area contributed by atoms with E-state index in [0.29, 0.717) is 29.9 Å². The lowest BCUT2D eigenvalue weighted by Crippen LogP contribution is -2.24. The van der Waals surface area contributed by atoms with Crippen LogP contribution in [0.5, 0.6) is 5.75 Å². The van der Waals surface area contributed by atoms with Crippen LogP contribution < -0.4 is 4.74 Å². The summed E-state index contributed by atoms with van der Waals surface area (Å²) in [6, 6.07) is 15.3. The van der Waals surface area contributed by atoms with E-state index in [9.17, 15) is 8.78 Å². The molecule has 2 unspecified atom stereocenters. The Morgan fingerprint density at radius 2 is 1.50 bits per heavy atom. The highest BCUT2D eigenvalue weighted by Crippen LogP contribution is 2.35. The summed E-state index contributed by atoms with van der Waals surface area (Å²) in [7, 11) is 0. The molecule has 0 spiro atoms. The first-order valence-electron chi connectivity index (χ1n) is 15.8. The molecule has 42 heavy (non-hydrogen) atoms. The van der Waals surface area contributed by atoms with Crippen molar-refractivity contribution in [3.63, 3.8) is 0 Å². The van der Waals surface area contributed by atoms with Crippen LogP contribution in [0.1, 0.15) is 96.0 Å². The summed E-state index contributed by atoms with van der Waals surface area (Å²) < 4.78 is 56.6. The van der Waals surface area contributed by atoms with Gasteiger partial charge in [0.2, 0.25) is 5.82 Å². The number of hydrogen-bond donors (Lipinski definition) is 0. The highest BCUT2D eigenvalue weighted by Gasteiger charge is 2.23. The Morgan fingerprint density at radius 3 is 2.17 bits per heavy atom. The molecule has 0 bridgehead atoms. The number of unbranched alkanes of at least 4 members (excludes halogenated alkanes) is 6. The number of hydrogen-bond acceptors (Lipinski definition) is 2. The molecular formula is C37H45F3O2. The molecule has 1 saturated heterocycles. The number of rotatable bonds is 15. The van der Waals surface area contributed by atoms with Crippen molar-refractivity contribution in [1.82, 2.24) is 0 Å². The van der Waals surface area contributed by atoms with Gasteiger partial charge >= 0.3 is 0 Å². The molecule has 0 saturated carbocycles. The zero-order chi connectivity index (χ0) is 29.7. The zero-order valence-corrected chi connectivity index (χ0v) is 25.1. The Balaban J connectivity index is 1.33. The van der Waals surface area contributed by atoms with Crippen molar-refractivity contribution in [2.45, 2.75) is 96.5 Å². The predicted octanol–water partition coefficient (Wildman–Crippen LogP) is 11.2. The molecule has 2 atom stereocenters. The van der Waals surface area contributed by atoms with Gasteiger partial charge in [-0.15, -0.1) is 0 Å². The normalized spacial score (nSPS) is 17.2. The minimum Gasteiger partial charge on any atom is -0.490 e. The van der Waals surface area contributed by atoms with Crippen LogP contribution in [0.2, 0.25) is 0 Å². The molecule has 4 rings (SSSR count). The molecule has 3 aromatic carbocycles. The van der Waals surface area contributed by atoms with Crippen LogP contribution in [0.25, 0.3) is 22.3 Å². The summed E-state index contributed by atoms with van der Waals surface area (Å²) in [4.78, 5) is 0. The van der Waals surface area contributed by atoms with Crippen molar-refractivity contribution in [1.29, 1.82) is 0 Å². The Hall–Kier alpha value is -3.05. The molecule has 0 amide bonds. The molecule has 3 aromatic rings. The van der Waals surface area contributed by atoms with E-state index >= 15 is 4.39 Å². The topological polar surface area (TPSA) is 18.5 Å². The van der Waals surface area contributed by atoms with Crippen LogP contribution in [0.15, 0.2) is 66.7 Å². The summed E-state index contributed by atoms with van der Waals surface area (Å²) in [5.74, 6) is -2.08. The van der Waals surface area contributed by atoms with Crippen LogP contribution in [0.4, 0.5) is 13.2 Å². The molecule has 1 aliphatic rings. The molecule has 226 valence electrons. The van der Waals surface area contributed by atoms with E-state index in [1.807, 2.05) is 13.0 Å². The maximum atomic E-state index is 15.2. The second kappa shape index (κ2) is 16.6. The van der Waals surface area contributed by atoms with E-state index in [1.54, 1.807) is 42.5 Å². The Kier molecular flexibility index (Phi) is 12.6. The monoisotopic (exact) mass is 578 g/mol. The maximum Gasteiger partial charge on any atom is 0.201 e. The fourth-order valence-corrected chi connectivity index (χ4v) is 5.70. The van der Waals surface area contributed by atoms with Gasteiger partial charge in [-0.3, -0.25) is 0 Å². The van der Waals surface area contributed by atoms with Gasteiger partial charge in [0.1, 0.15) is 5.82 Å². The lowest BCUT2D eigenvalue weighted by atomic mass is 9.89. The molecule has 2 nitrogen and oxygen atoms in total. The second-order valence-electron chi connectivity index (χ2n) is 11.4. The second-order valence-corrected chi connectivity index (χ2v) is 11.4. The minimum absolute atomic E-state index is 0.0615. The first-order chi connectivity index (χ1) is 20.5. The molecule has 1 heterocycles. The predicted molar refractivity (Wildman–Crippen MR) is 166 cm³/mol. The van der Waals surface area contributed by atoms with Gasteiger partial charge in [-0.05, 0) is 73.9 Å². The lowest BCUT2D eigenvalue weighted by Gasteiger charge is -2.29. The van der Waals surface area contributed by atoms with Crippen LogP contribution in [-0.2, 0) is 4.74 Å². The number of benzene rings is 3. The summed E-state index contributed by atoms with van der Waals surface area (Å²) in [6.45, 7) is 5.20. The average molecular weight is 579 g/mol. The van der Waals surface area contributed by atoms with Gasteiger partial charge in [0.15, 0.2) is 11.6 Å². The minimum atomic E-state index is -0.975. The Bertz CT molecular complexity index is 1280. The van der Waals surface area contributed by atoms with Crippen LogP contribution >= 0.6 is 0 Å². The fraction of sp³-hybridized carbons (Fsp3) is 0.459. The van der Waals surface area contributed by atoms with Gasteiger partial charge in [0.25, 0.3) is 0 Å². The SMILES string of the molecule is C/C=C/CCC1CCC(c2ccc(-c3ccc(-c4ccc(OCCCCCCCCC)c(F)c4F)cc3)c(F)c2)CO1. The number of halogens is 3. The third-order valence-corrected chi connectivity index (χ3v) is 8.29. The Labute approximate surface area is 250 Å². The molecule has 0 aromatic heterocycles. The first-order valence-corrected chi connectivity index (χ1v) is 15.8. The van der Waals surface area contributed by atoms with E-state index in [-0.39, 0.29) is 29.2 Å². The van der Waals surface area contributed by atoms with Crippen molar-refractivity contribution in [2.24, 2.45) is 0 Å². The van der Waals surface area contributed by atoms with E-state index in [4.69, 9.17) is 9.47 Å². The van der Waals surface area contributed by atoms with Gasteiger partial charge in [-0.2, -0.15) is 4.39 Å². The zero-order valence-electron chi connectivity index (χ0n) is 25.1. The quantitative estimate of drug-likeness (QED) is 0.132. The molecule has 0 N–H and O–H groups in total. The van der Waals surface area contributed by atoms with E-state index in [0.717, 1.165) is 50.5 Å². The summed E-state index contributed by atoms with van der Waals surface area (Å²) in [5.41, 5.74) is 2.79. The smallest absolute Gasteiger partial charge is 0.201 e. The largest absolute Gasteiger partial charge is 0.490 e. The summed E-state index contributed by atoms with van der Waals surface area (Å²) >= 11 is 0. The van der Waals surface area contributed by atoms with Gasteiger partial charge in [-0.1, -0.05) is 94.0 Å². The molecule has 1 fully saturated rings. The van der Waals surface area contributed by atoms with Crippen LogP contribution in [0.3, 0.4) is 0 Å². The summed E-state index contributed by atoms with van der Waals surface area (Å²) in [6.07, 6.45) is 16.4. The molecule has 5 heteroatoms. The van der Waals surface area contributed by atoms with Gasteiger partial charge < -0.3 is 9.47 Å². The molecular weight excluding hydrogens is 533 g/mol. The van der Waals surface area contributed by atoms with Crippen molar-refractivity contribution in [3.05, 3.63) is 89.8 Å². The van der Waals surface area contributed by atoms with Crippen molar-refractivity contribution in [3.8, 4) is 28.0 Å². The van der Waals surface area contributed by atoms with Crippen molar-refractivity contribution >= 4 is 0 Å². The third-order valence-electron chi connectivity index (χ3n) is 8.29. The van der Waals surface area contributed by atoms with Gasteiger partial charge in [0, 0.05) is 17.0 Å². The standard InChI is InChI=1S/C37H45F3O2/c1-3-5-7-8-9-10-12-24-41-35-23-22-33(36(39)37(35)40)28-16-14-27(15-17-28)32-21-19-29(25-34(32)38)30-18-20-31(42-26-30)13-11-6-4-2/h4,6,14-17,19,21-23,25,30-31H,3,5,7-13,18,20,24,26H2,1-2H3/b6-4+. The molecule has 0 aliphatic carbocycles. The average Bonchev–Trinajstić information content (AvgIpc) is 3.01. The van der Waals surface area contributed by atoms with Crippen molar-refractivity contribution in [2.75, 3.05) is 13.2 Å². The molecule has 0 radical (unpaired) electrons. The van der Waals surface area contributed by atoms with E-state index in [1.165, 1.54) is 31.7 Å². The maximum absolute atomic E-state index is 15.2. The number of allylic oxidation sites excluding steroid dienone is 2. The summed E-state index contributed by atoms with van der Waals surface area (Å²) in [5, 5.41) is 0. The third kappa shape index (κ3) is 8.73. The lowest BCUT2D eigenvalue weighted by molar-refractivity contribution is -0.000225. The van der Waals surface area contributed by atoms with Gasteiger partial charge in [-0.25, -0.2) is 8.78 Å². The first kappa shape index (κ1) is 31.9. The molecule has 1 aliphatic heterocycles. The van der Waals surface area contributed by atoms with E-state index in [2.05, 4.69) is 19.1 Å². The Morgan fingerprint density at radius 1 is 0.810 bits per heavy atom. The van der Waals surface area contributed by atoms with Crippen molar-refractivity contribution < 1.29 is 22.6 Å².